The zero-order valence-electron chi connectivity index (χ0n) is 18.6. The number of carbonyl (C=O) groups excluding carboxylic acids is 2. The fourth-order valence-corrected chi connectivity index (χ4v) is 6.71. The number of carbonyl (C=O) groups is 2. The van der Waals surface area contributed by atoms with Gasteiger partial charge in [-0.2, -0.15) is 22.3 Å². The van der Waals surface area contributed by atoms with Gasteiger partial charge >= 0.3 is 0 Å². The van der Waals surface area contributed by atoms with Gasteiger partial charge in [-0.15, -0.1) is 0 Å². The van der Waals surface area contributed by atoms with Gasteiger partial charge in [0.15, 0.2) is 0 Å². The van der Waals surface area contributed by atoms with Crippen LogP contribution in [0.25, 0.3) is 0 Å². The minimum Gasteiger partial charge on any atom is -0.350 e. The number of benzene rings is 1. The third kappa shape index (κ3) is 5.05. The van der Waals surface area contributed by atoms with Crippen LogP contribution in [0.4, 0.5) is 4.39 Å². The van der Waals surface area contributed by atoms with Crippen LogP contribution in [0.1, 0.15) is 31.2 Å². The molecule has 0 aliphatic carbocycles. The molecule has 0 saturated carbocycles. The molecule has 1 aromatic rings. The molecule has 0 radical (unpaired) electrons. The number of likely N-dealkylation sites (tertiary alicyclic amines) is 1. The highest BCUT2D eigenvalue weighted by atomic mass is 35.5. The largest absolute Gasteiger partial charge is 0.350 e. The lowest BCUT2D eigenvalue weighted by molar-refractivity contribution is -0.142. The molecular weight excluding hydrogens is 485 g/mol. The first-order valence-electron chi connectivity index (χ1n) is 11.4. The monoisotopic (exact) mass is 511 g/mol. The van der Waals surface area contributed by atoms with Crippen molar-refractivity contribution < 1.29 is 22.4 Å². The van der Waals surface area contributed by atoms with Crippen LogP contribution in [0.5, 0.6) is 0 Å². The van der Waals surface area contributed by atoms with Crippen molar-refractivity contribution in [3.05, 3.63) is 34.6 Å². The molecule has 0 aromatic heterocycles. The van der Waals surface area contributed by atoms with E-state index in [2.05, 4.69) is 11.4 Å². The molecule has 3 aliphatic heterocycles. The number of hydrogen-bond donors (Lipinski definition) is 1. The number of halogens is 2. The molecule has 1 aromatic carbocycles. The van der Waals surface area contributed by atoms with Crippen molar-refractivity contribution in [2.75, 3.05) is 32.7 Å². The number of hydrogen-bond acceptors (Lipinski definition) is 5. The van der Waals surface area contributed by atoms with E-state index < -0.39 is 28.0 Å². The number of piperidine rings is 1. The summed E-state index contributed by atoms with van der Waals surface area (Å²) >= 11 is 5.79. The maximum absolute atomic E-state index is 13.3. The van der Waals surface area contributed by atoms with Crippen LogP contribution in [-0.2, 0) is 26.3 Å². The smallest absolute Gasteiger partial charge is 0.282 e. The van der Waals surface area contributed by atoms with Gasteiger partial charge in [-0.05, 0) is 43.4 Å². The molecule has 12 heteroatoms. The van der Waals surface area contributed by atoms with Crippen molar-refractivity contribution >= 4 is 33.6 Å². The van der Waals surface area contributed by atoms with Crippen molar-refractivity contribution in [1.82, 2.24) is 18.8 Å². The molecule has 3 heterocycles. The third-order valence-corrected chi connectivity index (χ3v) is 8.93. The first-order chi connectivity index (χ1) is 16.2. The Morgan fingerprint density at radius 1 is 1.15 bits per heavy atom. The van der Waals surface area contributed by atoms with E-state index in [1.807, 2.05) is 0 Å². The summed E-state index contributed by atoms with van der Waals surface area (Å²) in [4.78, 5) is 27.7. The first kappa shape index (κ1) is 24.9. The van der Waals surface area contributed by atoms with E-state index in [1.54, 1.807) is 4.90 Å². The summed E-state index contributed by atoms with van der Waals surface area (Å²) in [6.45, 7) is 1.38. The molecule has 0 bridgehead atoms. The van der Waals surface area contributed by atoms with Crippen molar-refractivity contribution in [1.29, 1.82) is 5.26 Å². The molecule has 3 aliphatic rings. The molecule has 1 N–H and O–H groups in total. The number of nitrogens with one attached hydrogen (secondary N) is 1. The minimum atomic E-state index is -3.71. The molecule has 34 heavy (non-hydrogen) atoms. The van der Waals surface area contributed by atoms with Crippen molar-refractivity contribution in [2.24, 2.45) is 11.8 Å². The lowest BCUT2D eigenvalue weighted by atomic mass is 9.97. The Balaban J connectivity index is 1.36. The zero-order chi connectivity index (χ0) is 24.5. The second-order valence-corrected chi connectivity index (χ2v) is 11.3. The lowest BCUT2D eigenvalue weighted by Crippen LogP contribution is -2.57. The van der Waals surface area contributed by atoms with Gasteiger partial charge in [-0.25, -0.2) is 4.39 Å². The Morgan fingerprint density at radius 2 is 1.88 bits per heavy atom. The van der Waals surface area contributed by atoms with E-state index in [1.165, 1.54) is 26.8 Å². The fraction of sp³-hybridized carbons (Fsp3) is 0.591. The van der Waals surface area contributed by atoms with E-state index in [-0.39, 0.29) is 48.9 Å². The maximum atomic E-state index is 13.3. The van der Waals surface area contributed by atoms with Gasteiger partial charge in [0.1, 0.15) is 11.9 Å². The van der Waals surface area contributed by atoms with Crippen molar-refractivity contribution in [3.63, 3.8) is 0 Å². The van der Waals surface area contributed by atoms with Gasteiger partial charge in [0, 0.05) is 39.3 Å². The van der Waals surface area contributed by atoms with Gasteiger partial charge < -0.3 is 10.2 Å². The van der Waals surface area contributed by atoms with Crippen LogP contribution >= 0.6 is 11.6 Å². The Morgan fingerprint density at radius 3 is 2.59 bits per heavy atom. The Bertz CT molecular complexity index is 1110. The Hall–Kier alpha value is -2.26. The van der Waals surface area contributed by atoms with Crippen molar-refractivity contribution in [2.45, 2.75) is 38.3 Å². The van der Waals surface area contributed by atoms with Crippen LogP contribution in [0.3, 0.4) is 0 Å². The zero-order valence-corrected chi connectivity index (χ0v) is 20.2. The molecular formula is C22H27ClFN5O4S. The second kappa shape index (κ2) is 10.2. The molecule has 2 amide bonds. The molecule has 0 unspecified atom stereocenters. The second-order valence-electron chi connectivity index (χ2n) is 9.00. The molecule has 3 saturated heterocycles. The van der Waals surface area contributed by atoms with E-state index in [0.29, 0.717) is 44.3 Å². The molecule has 2 atom stereocenters. The van der Waals surface area contributed by atoms with E-state index in [4.69, 9.17) is 16.9 Å². The van der Waals surface area contributed by atoms with Crippen LogP contribution in [-0.4, -0.2) is 72.5 Å². The van der Waals surface area contributed by atoms with Gasteiger partial charge in [0.05, 0.1) is 22.9 Å². The first-order valence-corrected chi connectivity index (χ1v) is 13.1. The normalized spacial score (nSPS) is 24.4. The third-order valence-electron chi connectivity index (χ3n) is 6.71. The molecule has 184 valence electrons. The number of nitriles is 1. The van der Waals surface area contributed by atoms with Gasteiger partial charge in [-0.3, -0.25) is 9.59 Å². The highest BCUT2D eigenvalue weighted by Crippen LogP contribution is 2.29. The van der Waals surface area contributed by atoms with Crippen LogP contribution in [0, 0.1) is 29.0 Å². The van der Waals surface area contributed by atoms with Gasteiger partial charge in [0.25, 0.3) is 10.2 Å². The van der Waals surface area contributed by atoms with E-state index in [0.717, 1.165) is 0 Å². The number of nitrogens with zero attached hydrogens (tertiary/aromatic N) is 4. The average Bonchev–Trinajstić information content (AvgIpc) is 3.28. The molecule has 9 nitrogen and oxygen atoms in total. The summed E-state index contributed by atoms with van der Waals surface area (Å²) in [6, 6.07) is 5.66. The number of rotatable bonds is 6. The number of amides is 2. The Kier molecular flexibility index (Phi) is 7.42. The lowest BCUT2D eigenvalue weighted by Gasteiger charge is -2.41. The van der Waals surface area contributed by atoms with Gasteiger partial charge in [0.2, 0.25) is 11.8 Å². The standard InChI is InChI=1S/C22H27ClFN5O4S/c23-18-9-15(5-6-19(18)24)11-26-21(30)20-4-2-8-29(20)22(31)17-3-1-7-27(14-17)34(32,33)28-12-16(10-25)13-28/h5-6,9,16-17,20H,1-4,7-8,11-14H2,(H,26,30)/t17-,20+/m0/s1. The SMILES string of the molecule is N#CC1CN(S(=O)(=O)N2CCC[C@H](C(=O)N3CCC[C@@H]3C(=O)NCc3ccc(F)c(Cl)c3)C2)C1. The average molecular weight is 512 g/mol. The summed E-state index contributed by atoms with van der Waals surface area (Å²) in [5, 5.41) is 11.7. The Labute approximate surface area is 203 Å². The van der Waals surface area contributed by atoms with E-state index in [9.17, 15) is 22.4 Å². The fourth-order valence-electron chi connectivity index (χ4n) is 4.72. The maximum Gasteiger partial charge on any atom is 0.282 e. The summed E-state index contributed by atoms with van der Waals surface area (Å²) in [6.07, 6.45) is 2.33. The molecule has 3 fully saturated rings. The summed E-state index contributed by atoms with van der Waals surface area (Å²) in [5.74, 6) is -1.84. The van der Waals surface area contributed by atoms with Crippen LogP contribution in [0.2, 0.25) is 5.02 Å². The molecule has 4 rings (SSSR count). The summed E-state index contributed by atoms with van der Waals surface area (Å²) < 4.78 is 41.7. The highest BCUT2D eigenvalue weighted by molar-refractivity contribution is 7.86. The van der Waals surface area contributed by atoms with Gasteiger partial charge in [-0.1, -0.05) is 17.7 Å². The highest BCUT2D eigenvalue weighted by Gasteiger charge is 2.44. The van der Waals surface area contributed by atoms with Crippen molar-refractivity contribution in [3.8, 4) is 6.07 Å². The summed E-state index contributed by atoms with van der Waals surface area (Å²) in [5.41, 5.74) is 0.647. The quantitative estimate of drug-likeness (QED) is 0.621. The predicted octanol–water partition coefficient (Wildman–Crippen LogP) is 1.50. The van der Waals surface area contributed by atoms with Crippen LogP contribution < -0.4 is 5.32 Å². The topological polar surface area (TPSA) is 114 Å². The summed E-state index contributed by atoms with van der Waals surface area (Å²) in [7, 11) is -3.71. The minimum absolute atomic E-state index is 0.0254. The van der Waals surface area contributed by atoms with E-state index >= 15 is 0 Å². The molecule has 0 spiro atoms. The van der Waals surface area contributed by atoms with Crippen LogP contribution in [0.15, 0.2) is 18.2 Å². The predicted molar refractivity (Wildman–Crippen MR) is 122 cm³/mol.